The minimum absolute atomic E-state index is 0.0848. The molecule has 3 aromatic carbocycles. The van der Waals surface area contributed by atoms with Crippen LogP contribution in [0.4, 0.5) is 4.39 Å². The first-order valence-corrected chi connectivity index (χ1v) is 16.2. The number of hydrogen-bond donors (Lipinski definition) is 2. The molecule has 2 amide bonds. The summed E-state index contributed by atoms with van der Waals surface area (Å²) in [5, 5.41) is 6.40. The van der Waals surface area contributed by atoms with Crippen LogP contribution in [-0.2, 0) is 22.8 Å². The molecule has 3 aromatic rings. The van der Waals surface area contributed by atoms with Gasteiger partial charge in [0.1, 0.15) is 23.1 Å². The maximum Gasteiger partial charge on any atom is 0.254 e. The summed E-state index contributed by atoms with van der Waals surface area (Å²) in [7, 11) is -3.77. The maximum absolute atomic E-state index is 15.1. The number of piperidine rings is 1. The van der Waals surface area contributed by atoms with Crippen LogP contribution >= 0.6 is 0 Å². The molecule has 0 bridgehead atoms. The monoisotopic (exact) mass is 593 g/mol. The van der Waals surface area contributed by atoms with Crippen LogP contribution in [-0.4, -0.2) is 64.2 Å². The SMILES string of the molecule is CCc1c(C(=O)N2CCOc3ccc(-c4ccc(C(=O)NCC5CCCNC5)cc4)cc3C2)ccc(S(C)(=O)=O)c1F. The minimum Gasteiger partial charge on any atom is -0.491 e. The standard InChI is InChI=1S/C32H36FN3O5S/c1-3-26-27(11-13-29(30(26)33)42(2,39)40)32(38)36-15-16-41-28-12-10-24(17-25(28)20-36)22-6-8-23(9-7-22)31(37)35-19-21-5-4-14-34-18-21/h6-13,17,21,34H,3-5,14-16,18-20H2,1-2H3,(H,35,37). The van der Waals surface area contributed by atoms with E-state index in [1.165, 1.54) is 6.07 Å². The topological polar surface area (TPSA) is 105 Å². The second-order valence-corrected chi connectivity index (χ2v) is 12.9. The Balaban J connectivity index is 1.32. The van der Waals surface area contributed by atoms with Crippen molar-refractivity contribution in [2.24, 2.45) is 5.92 Å². The highest BCUT2D eigenvalue weighted by atomic mass is 32.2. The predicted molar refractivity (Wildman–Crippen MR) is 159 cm³/mol. The van der Waals surface area contributed by atoms with Gasteiger partial charge in [0.15, 0.2) is 9.84 Å². The molecule has 222 valence electrons. The number of ether oxygens (including phenoxy) is 1. The van der Waals surface area contributed by atoms with E-state index in [1.807, 2.05) is 42.5 Å². The number of carbonyl (C=O) groups is 2. The number of amides is 2. The van der Waals surface area contributed by atoms with E-state index in [9.17, 15) is 18.0 Å². The molecule has 2 N–H and O–H groups in total. The molecule has 1 atom stereocenters. The van der Waals surface area contributed by atoms with Crippen LogP contribution in [0.2, 0.25) is 0 Å². The van der Waals surface area contributed by atoms with E-state index in [0.29, 0.717) is 30.3 Å². The molecule has 0 aliphatic carbocycles. The number of halogens is 1. The number of rotatable bonds is 7. The summed E-state index contributed by atoms with van der Waals surface area (Å²) in [6, 6.07) is 15.7. The lowest BCUT2D eigenvalue weighted by Crippen LogP contribution is -2.38. The number of sulfone groups is 1. The van der Waals surface area contributed by atoms with E-state index < -0.39 is 20.5 Å². The molecule has 2 heterocycles. The van der Waals surface area contributed by atoms with Crippen molar-refractivity contribution in [3.8, 4) is 16.9 Å². The maximum atomic E-state index is 15.1. The molecule has 42 heavy (non-hydrogen) atoms. The van der Waals surface area contributed by atoms with E-state index in [2.05, 4.69) is 10.6 Å². The molecule has 1 unspecified atom stereocenters. The van der Waals surface area contributed by atoms with Gasteiger partial charge in [-0.05, 0) is 85.8 Å². The lowest BCUT2D eigenvalue weighted by Gasteiger charge is -2.22. The first-order chi connectivity index (χ1) is 20.2. The van der Waals surface area contributed by atoms with Gasteiger partial charge in [-0.25, -0.2) is 12.8 Å². The number of nitrogens with one attached hydrogen (secondary N) is 2. The van der Waals surface area contributed by atoms with E-state index in [0.717, 1.165) is 54.9 Å². The second kappa shape index (κ2) is 12.6. The molecule has 8 nitrogen and oxygen atoms in total. The number of fused-ring (bicyclic) bond motifs is 1. The van der Waals surface area contributed by atoms with Crippen LogP contribution < -0.4 is 15.4 Å². The van der Waals surface area contributed by atoms with E-state index in [4.69, 9.17) is 4.74 Å². The van der Waals surface area contributed by atoms with Crippen LogP contribution in [0.5, 0.6) is 5.75 Å². The molecule has 2 aliphatic heterocycles. The fraction of sp³-hybridized carbons (Fsp3) is 0.375. The van der Waals surface area contributed by atoms with E-state index in [1.54, 1.807) is 11.8 Å². The first kappa shape index (κ1) is 29.7. The van der Waals surface area contributed by atoms with Crippen LogP contribution in [0.3, 0.4) is 0 Å². The Morgan fingerprint density at radius 3 is 2.55 bits per heavy atom. The van der Waals surface area contributed by atoms with Gasteiger partial charge >= 0.3 is 0 Å². The Morgan fingerprint density at radius 1 is 1.10 bits per heavy atom. The van der Waals surface area contributed by atoms with Gasteiger partial charge in [0, 0.05) is 41.6 Å². The summed E-state index contributed by atoms with van der Waals surface area (Å²) < 4.78 is 45.1. The van der Waals surface area contributed by atoms with Crippen LogP contribution in [0.25, 0.3) is 11.1 Å². The molecule has 1 saturated heterocycles. The molecule has 0 saturated carbocycles. The Labute approximate surface area is 246 Å². The van der Waals surface area contributed by atoms with Crippen molar-refractivity contribution >= 4 is 21.7 Å². The summed E-state index contributed by atoms with van der Waals surface area (Å²) in [6.45, 7) is 5.12. The van der Waals surface area contributed by atoms with E-state index in [-0.39, 0.29) is 42.5 Å². The molecular formula is C32H36FN3O5S. The fourth-order valence-corrected chi connectivity index (χ4v) is 6.37. The second-order valence-electron chi connectivity index (χ2n) is 10.9. The third kappa shape index (κ3) is 6.50. The normalized spacial score (nSPS) is 17.1. The zero-order valence-corrected chi connectivity index (χ0v) is 24.7. The molecule has 10 heteroatoms. The third-order valence-corrected chi connectivity index (χ3v) is 9.06. The van der Waals surface area contributed by atoms with Crippen molar-refractivity contribution in [2.45, 2.75) is 37.6 Å². The van der Waals surface area contributed by atoms with Gasteiger partial charge in [0.2, 0.25) is 0 Å². The lowest BCUT2D eigenvalue weighted by atomic mass is 9.99. The predicted octanol–water partition coefficient (Wildman–Crippen LogP) is 4.22. The lowest BCUT2D eigenvalue weighted by molar-refractivity contribution is 0.0731. The first-order valence-electron chi connectivity index (χ1n) is 14.3. The summed E-state index contributed by atoms with van der Waals surface area (Å²) in [4.78, 5) is 27.4. The zero-order valence-electron chi connectivity index (χ0n) is 23.9. The summed E-state index contributed by atoms with van der Waals surface area (Å²) in [6.07, 6.45) is 3.37. The Hall–Kier alpha value is -3.76. The van der Waals surface area contributed by atoms with Crippen molar-refractivity contribution in [1.29, 1.82) is 0 Å². The molecule has 2 aliphatic rings. The Kier molecular flexibility index (Phi) is 8.93. The van der Waals surface area contributed by atoms with Gasteiger partial charge in [0.05, 0.1) is 6.54 Å². The van der Waals surface area contributed by atoms with Crippen molar-refractivity contribution in [3.63, 3.8) is 0 Å². The van der Waals surface area contributed by atoms with Gasteiger partial charge in [-0.2, -0.15) is 0 Å². The highest BCUT2D eigenvalue weighted by Crippen LogP contribution is 2.31. The van der Waals surface area contributed by atoms with Gasteiger partial charge < -0.3 is 20.3 Å². The molecule has 5 rings (SSSR count). The smallest absolute Gasteiger partial charge is 0.254 e. The van der Waals surface area contributed by atoms with Gasteiger partial charge in [-0.1, -0.05) is 25.1 Å². The highest BCUT2D eigenvalue weighted by molar-refractivity contribution is 7.90. The largest absolute Gasteiger partial charge is 0.491 e. The number of carbonyl (C=O) groups excluding carboxylic acids is 2. The van der Waals surface area contributed by atoms with E-state index >= 15 is 4.39 Å². The summed E-state index contributed by atoms with van der Waals surface area (Å²) >= 11 is 0. The van der Waals surface area contributed by atoms with Crippen LogP contribution in [0.15, 0.2) is 59.5 Å². The van der Waals surface area contributed by atoms with Gasteiger partial charge in [-0.3, -0.25) is 9.59 Å². The zero-order chi connectivity index (χ0) is 29.9. The third-order valence-electron chi connectivity index (χ3n) is 7.95. The van der Waals surface area contributed by atoms with Crippen LogP contribution in [0, 0.1) is 11.7 Å². The van der Waals surface area contributed by atoms with Gasteiger partial charge in [-0.15, -0.1) is 0 Å². The molecule has 0 radical (unpaired) electrons. The highest BCUT2D eigenvalue weighted by Gasteiger charge is 2.27. The van der Waals surface area contributed by atoms with Gasteiger partial charge in [0.25, 0.3) is 11.8 Å². The van der Waals surface area contributed by atoms with Crippen molar-refractivity contribution in [2.75, 3.05) is 39.0 Å². The Bertz CT molecular complexity index is 1580. The summed E-state index contributed by atoms with van der Waals surface area (Å²) in [5.74, 6) is -0.231. The molecular weight excluding hydrogens is 557 g/mol. The molecule has 1 fully saturated rings. The average molecular weight is 594 g/mol. The number of hydrogen-bond acceptors (Lipinski definition) is 6. The fourth-order valence-electron chi connectivity index (χ4n) is 5.60. The van der Waals surface area contributed by atoms with Crippen LogP contribution in [0.1, 0.15) is 51.6 Å². The summed E-state index contributed by atoms with van der Waals surface area (Å²) in [5.41, 5.74) is 3.45. The molecule has 0 aromatic heterocycles. The minimum atomic E-state index is -3.77. The average Bonchev–Trinajstić information content (AvgIpc) is 3.21. The molecule has 0 spiro atoms. The quantitative estimate of drug-likeness (QED) is 0.425. The Morgan fingerprint density at radius 2 is 1.86 bits per heavy atom. The van der Waals surface area contributed by atoms with Crippen molar-refractivity contribution in [3.05, 3.63) is 82.7 Å². The van der Waals surface area contributed by atoms with Crippen molar-refractivity contribution < 1.29 is 27.1 Å². The number of nitrogens with zero attached hydrogens (tertiary/aromatic N) is 1. The van der Waals surface area contributed by atoms with Crippen molar-refractivity contribution in [1.82, 2.24) is 15.5 Å². The number of benzene rings is 3.